The van der Waals surface area contributed by atoms with E-state index in [9.17, 15) is 4.79 Å². The third-order valence-corrected chi connectivity index (χ3v) is 3.00. The molecule has 0 aliphatic rings. The van der Waals surface area contributed by atoms with Crippen LogP contribution in [0.25, 0.3) is 0 Å². The number of aromatic nitrogens is 2. The molecular weight excluding hydrogens is 256 g/mol. The first-order chi connectivity index (χ1) is 9.49. The number of carbonyl (C=O) groups is 1. The highest BCUT2D eigenvalue weighted by atomic mass is 16.5. The van der Waals surface area contributed by atoms with Crippen molar-refractivity contribution in [2.24, 2.45) is 0 Å². The highest BCUT2D eigenvalue weighted by Gasteiger charge is 2.14. The van der Waals surface area contributed by atoms with Crippen LogP contribution in [0.3, 0.4) is 0 Å². The molecule has 0 aliphatic carbocycles. The zero-order chi connectivity index (χ0) is 14.7. The van der Waals surface area contributed by atoms with Crippen LogP contribution in [-0.4, -0.2) is 21.3 Å². The number of aromatic carboxylic acids is 1. The fourth-order valence-electron chi connectivity index (χ4n) is 2.03. The van der Waals surface area contributed by atoms with E-state index in [1.807, 2.05) is 25.1 Å². The van der Waals surface area contributed by atoms with Gasteiger partial charge in [0, 0.05) is 0 Å². The van der Waals surface area contributed by atoms with Gasteiger partial charge in [-0.2, -0.15) is 5.10 Å². The van der Waals surface area contributed by atoms with Gasteiger partial charge in [0.05, 0.1) is 6.20 Å². The molecule has 0 bridgehead atoms. The largest absolute Gasteiger partial charge is 0.477 e. The number of carboxylic acid groups (broad SMARTS) is 1. The molecule has 5 nitrogen and oxygen atoms in total. The van der Waals surface area contributed by atoms with Gasteiger partial charge in [0.1, 0.15) is 11.3 Å². The molecule has 0 saturated heterocycles. The van der Waals surface area contributed by atoms with Gasteiger partial charge >= 0.3 is 5.97 Å². The number of hydrogen-bond acceptors (Lipinski definition) is 4. The van der Waals surface area contributed by atoms with Crippen molar-refractivity contribution >= 4 is 5.97 Å². The number of hydrogen-bond donors (Lipinski definition) is 1. The minimum Gasteiger partial charge on any atom is -0.477 e. The molecule has 2 aromatic rings. The van der Waals surface area contributed by atoms with Gasteiger partial charge in [0.25, 0.3) is 5.88 Å². The second-order valence-electron chi connectivity index (χ2n) is 4.83. The van der Waals surface area contributed by atoms with Gasteiger partial charge in [-0.3, -0.25) is 0 Å². The Morgan fingerprint density at radius 1 is 1.30 bits per heavy atom. The van der Waals surface area contributed by atoms with E-state index < -0.39 is 5.97 Å². The first kappa shape index (κ1) is 14.0. The molecule has 5 heteroatoms. The van der Waals surface area contributed by atoms with Crippen molar-refractivity contribution in [1.29, 1.82) is 0 Å². The number of benzene rings is 1. The molecule has 1 heterocycles. The van der Waals surface area contributed by atoms with E-state index in [1.165, 1.54) is 17.8 Å². The van der Waals surface area contributed by atoms with Crippen LogP contribution in [-0.2, 0) is 0 Å². The lowest BCUT2D eigenvalue weighted by Gasteiger charge is -2.12. The summed E-state index contributed by atoms with van der Waals surface area (Å²) in [5.41, 5.74) is 2.32. The van der Waals surface area contributed by atoms with Gasteiger partial charge in [0.15, 0.2) is 0 Å². The summed E-state index contributed by atoms with van der Waals surface area (Å²) in [5.74, 6) is -0.118. The minimum atomic E-state index is -1.09. The lowest BCUT2D eigenvalue weighted by molar-refractivity contribution is 0.0693. The Morgan fingerprint density at radius 2 is 2.05 bits per heavy atom. The monoisotopic (exact) mass is 272 g/mol. The molecule has 0 unspecified atom stereocenters. The molecule has 0 saturated carbocycles. The van der Waals surface area contributed by atoms with Gasteiger partial charge in [-0.25, -0.2) is 4.79 Å². The van der Waals surface area contributed by atoms with Crippen LogP contribution in [0.15, 0.2) is 30.5 Å². The van der Waals surface area contributed by atoms with Crippen molar-refractivity contribution in [3.05, 3.63) is 47.2 Å². The molecule has 1 aromatic carbocycles. The molecule has 0 atom stereocenters. The maximum absolute atomic E-state index is 11.1. The second-order valence-corrected chi connectivity index (χ2v) is 4.83. The number of rotatable bonds is 4. The van der Waals surface area contributed by atoms with E-state index in [4.69, 9.17) is 9.84 Å². The molecule has 0 radical (unpaired) electrons. The SMILES string of the molecule is Cc1cc(Oc2nnccc2C(=O)O)ccc1C(C)C. The van der Waals surface area contributed by atoms with Crippen LogP contribution in [0.5, 0.6) is 11.6 Å². The van der Waals surface area contributed by atoms with Crippen LogP contribution >= 0.6 is 0 Å². The van der Waals surface area contributed by atoms with E-state index >= 15 is 0 Å². The van der Waals surface area contributed by atoms with E-state index in [1.54, 1.807) is 0 Å². The number of aryl methyl sites for hydroxylation is 1. The summed E-state index contributed by atoms with van der Waals surface area (Å²) >= 11 is 0. The molecule has 20 heavy (non-hydrogen) atoms. The van der Waals surface area contributed by atoms with Crippen molar-refractivity contribution in [3.63, 3.8) is 0 Å². The van der Waals surface area contributed by atoms with Crippen LogP contribution < -0.4 is 4.74 Å². The van der Waals surface area contributed by atoms with Crippen molar-refractivity contribution in [2.75, 3.05) is 0 Å². The van der Waals surface area contributed by atoms with Crippen molar-refractivity contribution in [3.8, 4) is 11.6 Å². The van der Waals surface area contributed by atoms with Gasteiger partial charge in [-0.1, -0.05) is 19.9 Å². The Kier molecular flexibility index (Phi) is 3.98. The van der Waals surface area contributed by atoms with Crippen molar-refractivity contribution < 1.29 is 14.6 Å². The molecule has 104 valence electrons. The normalized spacial score (nSPS) is 10.6. The molecule has 0 fully saturated rings. The van der Waals surface area contributed by atoms with E-state index in [-0.39, 0.29) is 11.4 Å². The van der Waals surface area contributed by atoms with Crippen LogP contribution in [0.4, 0.5) is 0 Å². The van der Waals surface area contributed by atoms with Crippen LogP contribution in [0, 0.1) is 6.92 Å². The van der Waals surface area contributed by atoms with E-state index in [0.29, 0.717) is 11.7 Å². The molecule has 2 rings (SSSR count). The number of carboxylic acids is 1. The van der Waals surface area contributed by atoms with Gasteiger partial charge in [-0.15, -0.1) is 5.10 Å². The fraction of sp³-hybridized carbons (Fsp3) is 0.267. The number of ether oxygens (including phenoxy) is 1. The summed E-state index contributed by atoms with van der Waals surface area (Å²) in [7, 11) is 0. The lowest BCUT2D eigenvalue weighted by Crippen LogP contribution is -2.03. The average molecular weight is 272 g/mol. The minimum absolute atomic E-state index is 0.00306. The topological polar surface area (TPSA) is 72.3 Å². The summed E-state index contributed by atoms with van der Waals surface area (Å²) < 4.78 is 5.53. The van der Waals surface area contributed by atoms with E-state index in [0.717, 1.165) is 5.56 Å². The Balaban J connectivity index is 2.31. The quantitative estimate of drug-likeness (QED) is 0.923. The second kappa shape index (κ2) is 5.69. The van der Waals surface area contributed by atoms with Gasteiger partial charge in [0.2, 0.25) is 0 Å². The van der Waals surface area contributed by atoms with Crippen LogP contribution in [0.2, 0.25) is 0 Å². The predicted molar refractivity (Wildman–Crippen MR) is 74.3 cm³/mol. The Hall–Kier alpha value is -2.43. The molecule has 0 amide bonds. The summed E-state index contributed by atoms with van der Waals surface area (Å²) in [4.78, 5) is 11.1. The molecule has 1 aromatic heterocycles. The summed E-state index contributed by atoms with van der Waals surface area (Å²) in [5, 5.41) is 16.5. The van der Waals surface area contributed by atoms with Crippen LogP contribution in [0.1, 0.15) is 41.3 Å². The molecule has 1 N–H and O–H groups in total. The zero-order valence-corrected chi connectivity index (χ0v) is 11.6. The molecule has 0 spiro atoms. The average Bonchev–Trinajstić information content (AvgIpc) is 2.38. The highest BCUT2D eigenvalue weighted by Crippen LogP contribution is 2.27. The van der Waals surface area contributed by atoms with Gasteiger partial charge in [-0.05, 0) is 42.2 Å². The Morgan fingerprint density at radius 3 is 2.65 bits per heavy atom. The third kappa shape index (κ3) is 2.93. The summed E-state index contributed by atoms with van der Waals surface area (Å²) in [6.45, 7) is 6.24. The fourth-order valence-corrected chi connectivity index (χ4v) is 2.03. The molecule has 0 aliphatic heterocycles. The summed E-state index contributed by atoms with van der Waals surface area (Å²) in [6.07, 6.45) is 1.32. The predicted octanol–water partition coefficient (Wildman–Crippen LogP) is 3.40. The van der Waals surface area contributed by atoms with E-state index in [2.05, 4.69) is 24.0 Å². The maximum atomic E-state index is 11.1. The highest BCUT2D eigenvalue weighted by molar-refractivity contribution is 5.90. The van der Waals surface area contributed by atoms with Crippen molar-refractivity contribution in [2.45, 2.75) is 26.7 Å². The Labute approximate surface area is 117 Å². The van der Waals surface area contributed by atoms with Gasteiger partial charge < -0.3 is 9.84 Å². The van der Waals surface area contributed by atoms with Crippen molar-refractivity contribution in [1.82, 2.24) is 10.2 Å². The first-order valence-electron chi connectivity index (χ1n) is 6.32. The number of nitrogens with zero attached hydrogens (tertiary/aromatic N) is 2. The summed E-state index contributed by atoms with van der Waals surface area (Å²) in [6, 6.07) is 7.02. The Bertz CT molecular complexity index is 639. The smallest absolute Gasteiger partial charge is 0.341 e. The molecular formula is C15H16N2O3. The standard InChI is InChI=1S/C15H16N2O3/c1-9(2)12-5-4-11(8-10(12)3)20-14-13(15(18)19)6-7-16-17-14/h4-9H,1-3H3,(H,18,19). The third-order valence-electron chi connectivity index (χ3n) is 3.00. The maximum Gasteiger partial charge on any atom is 0.341 e. The first-order valence-corrected chi connectivity index (χ1v) is 6.32. The lowest BCUT2D eigenvalue weighted by atomic mass is 9.98. The zero-order valence-electron chi connectivity index (χ0n) is 11.6.